The predicted molar refractivity (Wildman–Crippen MR) is 171 cm³/mol. The number of pyridine rings is 1. The fourth-order valence-electron chi connectivity index (χ4n) is 5.81. The summed E-state index contributed by atoms with van der Waals surface area (Å²) >= 11 is 1.62. The van der Waals surface area contributed by atoms with E-state index in [9.17, 15) is 13.2 Å². The SMILES string of the molecule is CCn1cc(CC[C@H](c2cc(CN3C[C@@H](C)Cc4ncccc4S3(=O)=O)c(C)s2)C(C)(C)C(=O)OCc2ccccc2)nn1. The second-order valence-corrected chi connectivity index (χ2v) is 15.4. The molecule has 234 valence electrons. The molecule has 0 N–H and O–H groups in total. The van der Waals surface area contributed by atoms with E-state index < -0.39 is 15.4 Å². The van der Waals surface area contributed by atoms with Crippen molar-refractivity contribution in [3.8, 4) is 0 Å². The van der Waals surface area contributed by atoms with Crippen LogP contribution in [0.4, 0.5) is 0 Å². The number of nitrogens with zero attached hydrogens (tertiary/aromatic N) is 5. The Morgan fingerprint density at radius 3 is 2.68 bits per heavy atom. The van der Waals surface area contributed by atoms with Crippen LogP contribution in [0.2, 0.25) is 0 Å². The van der Waals surface area contributed by atoms with Gasteiger partial charge in [0.25, 0.3) is 0 Å². The van der Waals surface area contributed by atoms with Crippen LogP contribution in [0, 0.1) is 18.3 Å². The first-order valence-electron chi connectivity index (χ1n) is 15.1. The number of benzene rings is 1. The number of hydrogen-bond donors (Lipinski definition) is 0. The number of thiophene rings is 1. The minimum atomic E-state index is -3.72. The van der Waals surface area contributed by atoms with Gasteiger partial charge in [-0.15, -0.1) is 16.4 Å². The maximum Gasteiger partial charge on any atom is 0.312 e. The lowest BCUT2D eigenvalue weighted by molar-refractivity contribution is -0.156. The van der Waals surface area contributed by atoms with Gasteiger partial charge >= 0.3 is 5.97 Å². The third-order valence-corrected chi connectivity index (χ3v) is 11.6. The van der Waals surface area contributed by atoms with Crippen molar-refractivity contribution in [2.45, 2.75) is 84.4 Å². The van der Waals surface area contributed by atoms with Gasteiger partial charge in [-0.2, -0.15) is 4.31 Å². The van der Waals surface area contributed by atoms with Crippen molar-refractivity contribution < 1.29 is 17.9 Å². The standard InChI is InChI=1S/C33H41N5O4S2/c1-6-37-21-27(35-36-37)14-15-28(33(4,5)32(39)42-22-25-11-8-7-9-12-25)30-18-26(24(3)43-30)20-38-19-23(2)17-29-31(44(38,40)41)13-10-16-34-29/h7-13,16,18,21,23,28H,6,14-15,17,19-20,22H2,1-5H3/t23-,28+/m0/s1. The van der Waals surface area contributed by atoms with Crippen molar-refractivity contribution in [1.29, 1.82) is 0 Å². The van der Waals surface area contributed by atoms with Crippen LogP contribution in [-0.2, 0) is 52.1 Å². The number of sulfonamides is 1. The molecule has 4 heterocycles. The van der Waals surface area contributed by atoms with Crippen LogP contribution in [0.5, 0.6) is 0 Å². The predicted octanol–water partition coefficient (Wildman–Crippen LogP) is 5.93. The maximum atomic E-state index is 13.8. The van der Waals surface area contributed by atoms with Crippen LogP contribution in [0.25, 0.3) is 0 Å². The largest absolute Gasteiger partial charge is 0.460 e. The Morgan fingerprint density at radius 1 is 1.18 bits per heavy atom. The van der Waals surface area contributed by atoms with E-state index in [4.69, 9.17) is 4.74 Å². The second-order valence-electron chi connectivity index (χ2n) is 12.2. The molecule has 0 amide bonds. The van der Waals surface area contributed by atoms with E-state index in [-0.39, 0.29) is 35.9 Å². The molecule has 1 aliphatic heterocycles. The maximum absolute atomic E-state index is 13.8. The van der Waals surface area contributed by atoms with Crippen molar-refractivity contribution >= 4 is 27.3 Å². The van der Waals surface area contributed by atoms with Gasteiger partial charge in [-0.05, 0) is 82.2 Å². The first-order valence-corrected chi connectivity index (χ1v) is 17.4. The Bertz CT molecular complexity index is 1700. The molecule has 0 radical (unpaired) electrons. The lowest BCUT2D eigenvalue weighted by Gasteiger charge is -2.31. The van der Waals surface area contributed by atoms with Crippen molar-refractivity contribution in [3.05, 3.63) is 93.2 Å². The quantitative estimate of drug-likeness (QED) is 0.188. The van der Waals surface area contributed by atoms with Gasteiger partial charge in [0.15, 0.2) is 0 Å². The van der Waals surface area contributed by atoms with Crippen molar-refractivity contribution in [3.63, 3.8) is 0 Å². The zero-order valence-corrected chi connectivity index (χ0v) is 27.7. The summed E-state index contributed by atoms with van der Waals surface area (Å²) in [5, 5.41) is 8.51. The first-order chi connectivity index (χ1) is 21.0. The highest BCUT2D eigenvalue weighted by Crippen LogP contribution is 2.44. The lowest BCUT2D eigenvalue weighted by Crippen LogP contribution is -2.33. The van der Waals surface area contributed by atoms with E-state index >= 15 is 0 Å². The van der Waals surface area contributed by atoms with Gasteiger partial charge in [0.1, 0.15) is 11.5 Å². The number of esters is 1. The number of carbonyl (C=O) groups excluding carboxylic acids is 1. The molecule has 11 heteroatoms. The molecule has 44 heavy (non-hydrogen) atoms. The minimum Gasteiger partial charge on any atom is -0.460 e. The molecule has 0 aliphatic carbocycles. The average molecular weight is 636 g/mol. The number of hydrogen-bond acceptors (Lipinski definition) is 8. The zero-order chi connectivity index (χ0) is 31.5. The Balaban J connectivity index is 1.42. The highest BCUT2D eigenvalue weighted by Gasteiger charge is 2.41. The first kappa shape index (κ1) is 32.0. The minimum absolute atomic E-state index is 0.127. The average Bonchev–Trinajstić information content (AvgIpc) is 3.59. The molecule has 0 bridgehead atoms. The molecule has 4 aromatic rings. The molecule has 0 saturated carbocycles. The van der Waals surface area contributed by atoms with Crippen LogP contribution < -0.4 is 0 Å². The molecular weight excluding hydrogens is 595 g/mol. The highest BCUT2D eigenvalue weighted by atomic mass is 32.2. The molecule has 2 atom stereocenters. The monoisotopic (exact) mass is 635 g/mol. The van der Waals surface area contributed by atoms with E-state index in [2.05, 4.69) is 28.3 Å². The van der Waals surface area contributed by atoms with E-state index in [0.29, 0.717) is 31.5 Å². The number of carbonyl (C=O) groups is 1. The molecule has 1 aliphatic rings. The topological polar surface area (TPSA) is 107 Å². The highest BCUT2D eigenvalue weighted by molar-refractivity contribution is 7.89. The summed E-state index contributed by atoms with van der Waals surface area (Å²) in [5.74, 6) is -0.328. The van der Waals surface area contributed by atoms with Gasteiger partial charge in [0, 0.05) is 47.7 Å². The normalized spacial score (nSPS) is 17.5. The van der Waals surface area contributed by atoms with E-state index in [1.54, 1.807) is 38.7 Å². The molecular formula is C33H41N5O4S2. The van der Waals surface area contributed by atoms with Gasteiger partial charge in [0.05, 0.1) is 16.8 Å². The summed E-state index contributed by atoms with van der Waals surface area (Å²) in [6.45, 7) is 11.6. The summed E-state index contributed by atoms with van der Waals surface area (Å²) in [6.07, 6.45) is 5.52. The molecule has 9 nitrogen and oxygen atoms in total. The Morgan fingerprint density at radius 2 is 1.95 bits per heavy atom. The van der Waals surface area contributed by atoms with Gasteiger partial charge in [-0.1, -0.05) is 42.5 Å². The van der Waals surface area contributed by atoms with Crippen molar-refractivity contribution in [2.24, 2.45) is 11.3 Å². The van der Waals surface area contributed by atoms with Crippen LogP contribution in [0.1, 0.15) is 72.3 Å². The smallest absolute Gasteiger partial charge is 0.312 e. The van der Waals surface area contributed by atoms with Crippen LogP contribution in [0.15, 0.2) is 65.8 Å². The third-order valence-electron chi connectivity index (χ3n) is 8.46. The fraction of sp³-hybridized carbons (Fsp3) is 0.455. The molecule has 0 spiro atoms. The molecule has 5 rings (SSSR count). The lowest BCUT2D eigenvalue weighted by atomic mass is 9.75. The van der Waals surface area contributed by atoms with E-state index in [1.165, 1.54) is 0 Å². The molecule has 0 unspecified atom stereocenters. The summed E-state index contributed by atoms with van der Waals surface area (Å²) < 4.78 is 36.8. The summed E-state index contributed by atoms with van der Waals surface area (Å²) in [4.78, 5) is 20.4. The summed E-state index contributed by atoms with van der Waals surface area (Å²) in [6, 6.07) is 15.1. The van der Waals surface area contributed by atoms with Gasteiger partial charge in [-0.25, -0.2) is 8.42 Å². The number of aryl methyl sites for hydroxylation is 3. The van der Waals surface area contributed by atoms with Crippen LogP contribution >= 0.6 is 11.3 Å². The van der Waals surface area contributed by atoms with Crippen molar-refractivity contribution in [1.82, 2.24) is 24.3 Å². The molecule has 0 saturated heterocycles. The van der Waals surface area contributed by atoms with Gasteiger partial charge in [-0.3, -0.25) is 14.5 Å². The molecule has 3 aromatic heterocycles. The Labute approximate surface area is 264 Å². The molecule has 0 fully saturated rings. The molecule has 1 aromatic carbocycles. The number of rotatable bonds is 11. The van der Waals surface area contributed by atoms with Crippen molar-refractivity contribution in [2.75, 3.05) is 6.54 Å². The summed E-state index contributed by atoms with van der Waals surface area (Å²) in [7, 11) is -3.72. The van der Waals surface area contributed by atoms with Gasteiger partial charge in [0.2, 0.25) is 10.0 Å². The third kappa shape index (κ3) is 6.95. The number of ether oxygens (including phenoxy) is 1. The summed E-state index contributed by atoms with van der Waals surface area (Å²) in [5.41, 5.74) is 2.53. The zero-order valence-electron chi connectivity index (χ0n) is 26.1. The second kappa shape index (κ2) is 13.3. The Hall–Kier alpha value is -3.41. The van der Waals surface area contributed by atoms with Crippen LogP contribution in [-0.4, -0.2) is 45.2 Å². The van der Waals surface area contributed by atoms with E-state index in [1.807, 2.05) is 64.2 Å². The number of fused-ring (bicyclic) bond motifs is 1. The van der Waals surface area contributed by atoms with E-state index in [0.717, 1.165) is 33.1 Å². The number of aromatic nitrogens is 4. The fourth-order valence-corrected chi connectivity index (χ4v) is 8.90. The van der Waals surface area contributed by atoms with Gasteiger partial charge < -0.3 is 4.74 Å². The van der Waals surface area contributed by atoms with Crippen LogP contribution in [0.3, 0.4) is 0 Å². The Kier molecular flexibility index (Phi) is 9.67.